The molecular weight excluding hydrogens is 408 g/mol. The molecule has 0 fully saturated rings. The van der Waals surface area contributed by atoms with E-state index in [1.165, 1.54) is 0 Å². The summed E-state index contributed by atoms with van der Waals surface area (Å²) in [5.74, 6) is 0.453. The second kappa shape index (κ2) is 8.71. The monoisotopic (exact) mass is 432 g/mol. The number of aromatic nitrogens is 3. The number of benzene rings is 3. The van der Waals surface area contributed by atoms with Gasteiger partial charge in [0.15, 0.2) is 0 Å². The lowest BCUT2D eigenvalue weighted by Gasteiger charge is -2.32. The molecule has 0 saturated heterocycles. The topological polar surface area (TPSA) is 59.8 Å². The third-order valence-electron chi connectivity index (χ3n) is 6.05. The Labute approximate surface area is 192 Å². The number of nitrogens with one attached hydrogen (secondary N) is 1. The first kappa shape index (κ1) is 20.6. The van der Waals surface area contributed by atoms with Crippen LogP contribution in [0, 0.1) is 0 Å². The van der Waals surface area contributed by atoms with Crippen molar-refractivity contribution in [2.45, 2.75) is 18.9 Å². The van der Waals surface area contributed by atoms with Gasteiger partial charge in [-0.3, -0.25) is 9.36 Å². The Hall–Kier alpha value is -4.25. The smallest absolute Gasteiger partial charge is 0.252 e. The van der Waals surface area contributed by atoms with E-state index in [1.54, 1.807) is 22.9 Å². The van der Waals surface area contributed by atoms with Crippen LogP contribution in [-0.2, 0) is 12.0 Å². The first-order chi connectivity index (χ1) is 16.1. The van der Waals surface area contributed by atoms with E-state index in [4.69, 9.17) is 4.98 Å². The van der Waals surface area contributed by atoms with Gasteiger partial charge < -0.3 is 5.32 Å². The minimum atomic E-state index is -0.432. The number of hydrogen-bond acceptors (Lipinski definition) is 4. The highest BCUT2D eigenvalue weighted by Crippen LogP contribution is 2.34. The van der Waals surface area contributed by atoms with Crippen LogP contribution in [0.3, 0.4) is 0 Å². The predicted molar refractivity (Wildman–Crippen MR) is 133 cm³/mol. The molecule has 2 aromatic heterocycles. The number of pyridine rings is 1. The maximum Gasteiger partial charge on any atom is 0.252 e. The summed E-state index contributed by atoms with van der Waals surface area (Å²) >= 11 is 0. The van der Waals surface area contributed by atoms with E-state index < -0.39 is 5.41 Å². The first-order valence-electron chi connectivity index (χ1n) is 10.9. The quantitative estimate of drug-likeness (QED) is 0.383. The Balaban J connectivity index is 1.64. The zero-order chi connectivity index (χ0) is 22.7. The van der Waals surface area contributed by atoms with Gasteiger partial charge in [0.25, 0.3) is 5.56 Å². The van der Waals surface area contributed by atoms with Gasteiger partial charge in [0, 0.05) is 35.3 Å². The fourth-order valence-electron chi connectivity index (χ4n) is 4.21. The molecule has 162 valence electrons. The minimum Gasteiger partial charge on any atom is -0.324 e. The van der Waals surface area contributed by atoms with Crippen LogP contribution in [0.15, 0.2) is 114 Å². The molecule has 33 heavy (non-hydrogen) atoms. The molecule has 0 radical (unpaired) electrons. The van der Waals surface area contributed by atoms with Crippen LogP contribution in [0.2, 0.25) is 0 Å². The fraction of sp³-hybridized carbons (Fsp3) is 0.107. The highest BCUT2D eigenvalue weighted by atomic mass is 16.1. The Morgan fingerprint density at radius 3 is 1.97 bits per heavy atom. The van der Waals surface area contributed by atoms with Crippen molar-refractivity contribution in [3.05, 3.63) is 131 Å². The second-order valence-corrected chi connectivity index (χ2v) is 8.29. The Morgan fingerprint density at radius 1 is 0.788 bits per heavy atom. The van der Waals surface area contributed by atoms with Crippen LogP contribution in [0.5, 0.6) is 0 Å². The lowest BCUT2D eigenvalue weighted by molar-refractivity contribution is 0.467. The lowest BCUT2D eigenvalue weighted by Crippen LogP contribution is -2.35. The van der Waals surface area contributed by atoms with Crippen LogP contribution in [0.1, 0.15) is 18.1 Å². The summed E-state index contributed by atoms with van der Waals surface area (Å²) in [6.45, 7) is 2.62. The van der Waals surface area contributed by atoms with Crippen molar-refractivity contribution >= 4 is 22.7 Å². The van der Waals surface area contributed by atoms with E-state index >= 15 is 0 Å². The zero-order valence-electron chi connectivity index (χ0n) is 18.3. The average molecular weight is 433 g/mol. The second-order valence-electron chi connectivity index (χ2n) is 8.29. The summed E-state index contributed by atoms with van der Waals surface area (Å²) in [6, 6.07) is 33.7. The van der Waals surface area contributed by atoms with Gasteiger partial charge in [-0.25, -0.2) is 4.98 Å². The zero-order valence-corrected chi connectivity index (χ0v) is 18.3. The first-order valence-corrected chi connectivity index (χ1v) is 10.9. The molecule has 0 saturated carbocycles. The Kier molecular flexibility index (Phi) is 5.45. The van der Waals surface area contributed by atoms with E-state index in [1.807, 2.05) is 66.7 Å². The number of rotatable bonds is 6. The molecule has 5 rings (SSSR count). The highest BCUT2D eigenvalue weighted by molar-refractivity contribution is 5.75. The summed E-state index contributed by atoms with van der Waals surface area (Å²) in [5, 5.41) is 4.05. The van der Waals surface area contributed by atoms with Gasteiger partial charge in [0.1, 0.15) is 5.65 Å². The molecule has 5 heteroatoms. The molecule has 5 aromatic rings. The molecule has 0 unspecified atom stereocenters. The number of fused-ring (bicyclic) bond motifs is 1. The molecule has 0 aliphatic carbocycles. The predicted octanol–water partition coefficient (Wildman–Crippen LogP) is 5.54. The van der Waals surface area contributed by atoms with E-state index in [2.05, 4.69) is 41.5 Å². The Morgan fingerprint density at radius 2 is 1.36 bits per heavy atom. The van der Waals surface area contributed by atoms with Gasteiger partial charge >= 0.3 is 0 Å². The van der Waals surface area contributed by atoms with E-state index in [9.17, 15) is 4.79 Å². The maximum absolute atomic E-state index is 13.1. The molecule has 0 bridgehead atoms. The molecule has 0 amide bonds. The van der Waals surface area contributed by atoms with Crippen molar-refractivity contribution < 1.29 is 0 Å². The molecule has 2 heterocycles. The van der Waals surface area contributed by atoms with Crippen LogP contribution in [-0.4, -0.2) is 14.5 Å². The standard InChI is InChI=1S/C28H24N4O/c1-28(22-11-5-2-6-12-22,23-13-7-3-8-14-23)20-32-25(33)18-17-21-19-29-27(31-26(21)32)30-24-15-9-4-10-16-24/h2-19H,20H2,1H3,(H,29,30,31). The van der Waals surface area contributed by atoms with E-state index in [0.717, 1.165) is 22.2 Å². The number of anilines is 2. The largest absolute Gasteiger partial charge is 0.324 e. The number of nitrogens with zero attached hydrogens (tertiary/aromatic N) is 3. The fourth-order valence-corrected chi connectivity index (χ4v) is 4.21. The van der Waals surface area contributed by atoms with Crippen LogP contribution < -0.4 is 10.9 Å². The summed E-state index contributed by atoms with van der Waals surface area (Å²) in [7, 11) is 0. The molecule has 0 spiro atoms. The summed E-state index contributed by atoms with van der Waals surface area (Å²) in [4.78, 5) is 22.3. The lowest BCUT2D eigenvalue weighted by atomic mass is 9.76. The van der Waals surface area contributed by atoms with Crippen LogP contribution in [0.25, 0.3) is 11.0 Å². The van der Waals surface area contributed by atoms with Gasteiger partial charge in [-0.2, -0.15) is 4.98 Å². The van der Waals surface area contributed by atoms with E-state index in [0.29, 0.717) is 18.1 Å². The van der Waals surface area contributed by atoms with Gasteiger partial charge in [-0.15, -0.1) is 0 Å². The molecule has 1 N–H and O–H groups in total. The van der Waals surface area contributed by atoms with Crippen molar-refractivity contribution in [2.24, 2.45) is 0 Å². The molecular formula is C28H24N4O. The Bertz CT molecular complexity index is 1390. The van der Waals surface area contributed by atoms with Gasteiger partial charge in [-0.1, -0.05) is 78.9 Å². The van der Waals surface area contributed by atoms with Crippen LogP contribution in [0.4, 0.5) is 11.6 Å². The number of para-hydroxylation sites is 1. The third kappa shape index (κ3) is 4.13. The van der Waals surface area contributed by atoms with Crippen molar-refractivity contribution in [1.82, 2.24) is 14.5 Å². The average Bonchev–Trinajstić information content (AvgIpc) is 2.87. The van der Waals surface area contributed by atoms with Crippen molar-refractivity contribution in [2.75, 3.05) is 5.32 Å². The van der Waals surface area contributed by atoms with Gasteiger partial charge in [0.05, 0.1) is 0 Å². The molecule has 3 aromatic carbocycles. The molecule has 0 atom stereocenters. The van der Waals surface area contributed by atoms with Gasteiger partial charge in [-0.05, 0) is 36.2 Å². The minimum absolute atomic E-state index is 0.0926. The summed E-state index contributed by atoms with van der Waals surface area (Å²) in [6.07, 6.45) is 1.76. The SMILES string of the molecule is CC(Cn1c(=O)ccc2cnc(Nc3ccccc3)nc21)(c1ccccc1)c1ccccc1. The summed E-state index contributed by atoms with van der Waals surface area (Å²) in [5.41, 5.74) is 3.24. The van der Waals surface area contributed by atoms with Gasteiger partial charge in [0.2, 0.25) is 5.95 Å². The maximum atomic E-state index is 13.1. The molecule has 0 aliphatic heterocycles. The third-order valence-corrected chi connectivity index (χ3v) is 6.05. The van der Waals surface area contributed by atoms with Crippen molar-refractivity contribution in [3.8, 4) is 0 Å². The highest BCUT2D eigenvalue weighted by Gasteiger charge is 2.30. The normalized spacial score (nSPS) is 11.4. The number of hydrogen-bond donors (Lipinski definition) is 1. The van der Waals surface area contributed by atoms with Crippen LogP contribution >= 0.6 is 0 Å². The summed E-state index contributed by atoms with van der Waals surface area (Å²) < 4.78 is 1.76. The van der Waals surface area contributed by atoms with Crippen molar-refractivity contribution in [3.63, 3.8) is 0 Å². The molecule has 0 aliphatic rings. The van der Waals surface area contributed by atoms with E-state index in [-0.39, 0.29) is 5.56 Å². The molecule has 5 nitrogen and oxygen atoms in total. The van der Waals surface area contributed by atoms with Crippen molar-refractivity contribution in [1.29, 1.82) is 0 Å².